The van der Waals surface area contributed by atoms with Crippen molar-refractivity contribution in [1.29, 1.82) is 0 Å². The average Bonchev–Trinajstić information content (AvgIpc) is 3.10. The van der Waals surface area contributed by atoms with Crippen LogP contribution in [0.25, 0.3) is 10.9 Å². The number of hydrogen-bond donors (Lipinski definition) is 1. The predicted molar refractivity (Wildman–Crippen MR) is 133 cm³/mol. The highest BCUT2D eigenvalue weighted by Crippen LogP contribution is 2.29. The van der Waals surface area contributed by atoms with Crippen molar-refractivity contribution in [2.45, 2.75) is 46.4 Å². The molecule has 1 N–H and O–H groups in total. The average molecular weight is 456 g/mol. The SMILES string of the molecule is Cc1ccc(C(=O)c2c(C)n(Cc3ccc(COC(C)(C)C(=O)O)cc3)c3ccccc23)cc1. The van der Waals surface area contributed by atoms with Gasteiger partial charge in [-0.25, -0.2) is 4.79 Å². The van der Waals surface area contributed by atoms with Crippen LogP contribution < -0.4 is 0 Å². The van der Waals surface area contributed by atoms with Gasteiger partial charge in [-0.3, -0.25) is 4.79 Å². The lowest BCUT2D eigenvalue weighted by Gasteiger charge is -2.20. The molecule has 0 atom stereocenters. The van der Waals surface area contributed by atoms with Crippen molar-refractivity contribution in [2.75, 3.05) is 0 Å². The van der Waals surface area contributed by atoms with Crippen molar-refractivity contribution in [3.8, 4) is 0 Å². The number of hydrogen-bond acceptors (Lipinski definition) is 3. The first-order valence-electron chi connectivity index (χ1n) is 11.3. The summed E-state index contributed by atoms with van der Waals surface area (Å²) in [7, 11) is 0. The number of para-hydroxylation sites is 1. The summed E-state index contributed by atoms with van der Waals surface area (Å²) in [5, 5.41) is 10.2. The number of rotatable bonds is 8. The predicted octanol–water partition coefficient (Wildman–Crippen LogP) is 5.92. The van der Waals surface area contributed by atoms with E-state index < -0.39 is 11.6 Å². The van der Waals surface area contributed by atoms with E-state index in [0.29, 0.717) is 12.1 Å². The molecule has 0 saturated heterocycles. The van der Waals surface area contributed by atoms with Crippen LogP contribution in [-0.4, -0.2) is 27.0 Å². The van der Waals surface area contributed by atoms with Gasteiger partial charge in [-0.1, -0.05) is 72.3 Å². The van der Waals surface area contributed by atoms with Gasteiger partial charge in [-0.2, -0.15) is 0 Å². The molecule has 174 valence electrons. The number of benzene rings is 3. The third-order valence-corrected chi connectivity index (χ3v) is 6.25. The summed E-state index contributed by atoms with van der Waals surface area (Å²) in [6.07, 6.45) is 0. The van der Waals surface area contributed by atoms with Gasteiger partial charge >= 0.3 is 5.97 Å². The van der Waals surface area contributed by atoms with E-state index in [1.165, 1.54) is 0 Å². The number of aromatic nitrogens is 1. The maximum absolute atomic E-state index is 13.4. The summed E-state index contributed by atoms with van der Waals surface area (Å²) in [5.74, 6) is -0.962. The molecule has 0 aliphatic carbocycles. The first-order chi connectivity index (χ1) is 16.2. The summed E-state index contributed by atoms with van der Waals surface area (Å²) in [6, 6.07) is 23.6. The van der Waals surface area contributed by atoms with Gasteiger partial charge in [0.15, 0.2) is 11.4 Å². The summed E-state index contributed by atoms with van der Waals surface area (Å²) < 4.78 is 7.73. The van der Waals surface area contributed by atoms with Crippen molar-refractivity contribution in [3.63, 3.8) is 0 Å². The van der Waals surface area contributed by atoms with Gasteiger partial charge in [0.25, 0.3) is 0 Å². The van der Waals surface area contributed by atoms with Crippen LogP contribution in [0, 0.1) is 13.8 Å². The van der Waals surface area contributed by atoms with E-state index in [1.807, 2.05) is 86.6 Å². The van der Waals surface area contributed by atoms with E-state index in [9.17, 15) is 14.7 Å². The zero-order valence-electron chi connectivity index (χ0n) is 20.0. The maximum Gasteiger partial charge on any atom is 0.335 e. The maximum atomic E-state index is 13.4. The molecular formula is C29H29NO4. The Labute approximate surface area is 199 Å². The van der Waals surface area contributed by atoms with E-state index in [0.717, 1.165) is 38.9 Å². The zero-order chi connectivity index (χ0) is 24.5. The molecule has 0 saturated carbocycles. The van der Waals surface area contributed by atoms with Gasteiger partial charge in [-0.15, -0.1) is 0 Å². The highest BCUT2D eigenvalue weighted by molar-refractivity contribution is 6.17. The molecule has 0 spiro atoms. The molecule has 1 aromatic heterocycles. The van der Waals surface area contributed by atoms with Crippen LogP contribution in [0.3, 0.4) is 0 Å². The molecule has 0 aliphatic rings. The quantitative estimate of drug-likeness (QED) is 0.335. The van der Waals surface area contributed by atoms with E-state index >= 15 is 0 Å². The smallest absolute Gasteiger partial charge is 0.335 e. The van der Waals surface area contributed by atoms with Crippen LogP contribution in [-0.2, 0) is 22.7 Å². The van der Waals surface area contributed by atoms with Crippen molar-refractivity contribution >= 4 is 22.7 Å². The molecule has 1 heterocycles. The van der Waals surface area contributed by atoms with Crippen LogP contribution in [0.5, 0.6) is 0 Å². The van der Waals surface area contributed by atoms with Gasteiger partial charge in [0.1, 0.15) is 0 Å². The number of carbonyl (C=O) groups is 2. The Hall–Kier alpha value is -3.70. The fourth-order valence-corrected chi connectivity index (χ4v) is 4.02. The number of fused-ring (bicyclic) bond motifs is 1. The second-order valence-corrected chi connectivity index (χ2v) is 9.18. The lowest BCUT2D eigenvalue weighted by atomic mass is 10.00. The van der Waals surface area contributed by atoms with Crippen LogP contribution in [0.4, 0.5) is 0 Å². The Kier molecular flexibility index (Phi) is 6.40. The first-order valence-corrected chi connectivity index (χ1v) is 11.3. The minimum atomic E-state index is -1.24. The fraction of sp³-hybridized carbons (Fsp3) is 0.241. The van der Waals surface area contributed by atoms with Gasteiger partial charge in [0.2, 0.25) is 0 Å². The topological polar surface area (TPSA) is 68.5 Å². The summed E-state index contributed by atoms with van der Waals surface area (Å²) in [6.45, 7) is 7.93. The molecule has 5 heteroatoms. The molecule has 4 rings (SSSR count). The summed E-state index contributed by atoms with van der Waals surface area (Å²) in [5.41, 5.74) is 5.25. The molecular weight excluding hydrogens is 426 g/mol. The van der Waals surface area contributed by atoms with Crippen LogP contribution in [0.2, 0.25) is 0 Å². The number of ether oxygens (including phenoxy) is 1. The van der Waals surface area contributed by atoms with Gasteiger partial charge in [0.05, 0.1) is 12.2 Å². The minimum Gasteiger partial charge on any atom is -0.479 e. The summed E-state index contributed by atoms with van der Waals surface area (Å²) in [4.78, 5) is 24.7. The third-order valence-electron chi connectivity index (χ3n) is 6.25. The van der Waals surface area contributed by atoms with Crippen molar-refractivity contribution in [1.82, 2.24) is 4.57 Å². The van der Waals surface area contributed by atoms with Crippen LogP contribution in [0.15, 0.2) is 72.8 Å². The monoisotopic (exact) mass is 455 g/mol. The number of carboxylic acids is 1. The first kappa shape index (κ1) is 23.5. The fourth-order valence-electron chi connectivity index (χ4n) is 4.02. The number of nitrogens with zero attached hydrogens (tertiary/aromatic N) is 1. The standard InChI is InChI=1S/C29H29NO4/c1-19-9-15-23(16-10-19)27(31)26-20(2)30(25-8-6-5-7-24(25)26)17-21-11-13-22(14-12-21)18-34-29(3,4)28(32)33/h5-16H,17-18H2,1-4H3,(H,32,33). The lowest BCUT2D eigenvalue weighted by Crippen LogP contribution is -2.34. The van der Waals surface area contributed by atoms with Crippen LogP contribution in [0.1, 0.15) is 52.2 Å². The molecule has 0 amide bonds. The van der Waals surface area contributed by atoms with Gasteiger partial charge in [0, 0.05) is 28.7 Å². The lowest BCUT2D eigenvalue weighted by molar-refractivity contribution is -0.162. The third kappa shape index (κ3) is 4.66. The molecule has 0 unspecified atom stereocenters. The normalized spacial score (nSPS) is 11.6. The number of aliphatic carboxylic acids is 1. The molecule has 34 heavy (non-hydrogen) atoms. The Morgan fingerprint density at radius 3 is 2.15 bits per heavy atom. The Balaban J connectivity index is 1.62. The van der Waals surface area contributed by atoms with Crippen molar-refractivity contribution < 1.29 is 19.4 Å². The van der Waals surface area contributed by atoms with Crippen LogP contribution >= 0.6 is 0 Å². The van der Waals surface area contributed by atoms with E-state index in [-0.39, 0.29) is 12.4 Å². The van der Waals surface area contributed by atoms with Gasteiger partial charge in [-0.05, 0) is 44.9 Å². The second-order valence-electron chi connectivity index (χ2n) is 9.18. The van der Waals surface area contributed by atoms with E-state index in [2.05, 4.69) is 4.57 Å². The van der Waals surface area contributed by atoms with E-state index in [4.69, 9.17) is 4.74 Å². The highest BCUT2D eigenvalue weighted by atomic mass is 16.5. The van der Waals surface area contributed by atoms with Crippen molar-refractivity contribution in [3.05, 3.63) is 106 Å². The molecule has 0 aliphatic heterocycles. The molecule has 0 bridgehead atoms. The number of ketones is 1. The zero-order valence-corrected chi connectivity index (χ0v) is 20.0. The molecule has 0 radical (unpaired) electrons. The second kappa shape index (κ2) is 9.27. The Morgan fingerprint density at radius 1 is 0.882 bits per heavy atom. The molecule has 3 aromatic carbocycles. The number of carboxylic acid groups (broad SMARTS) is 1. The number of aryl methyl sites for hydroxylation is 1. The summed E-state index contributed by atoms with van der Waals surface area (Å²) >= 11 is 0. The number of carbonyl (C=O) groups excluding carboxylic acids is 1. The van der Waals surface area contributed by atoms with Crippen molar-refractivity contribution in [2.24, 2.45) is 0 Å². The molecule has 5 nitrogen and oxygen atoms in total. The van der Waals surface area contributed by atoms with Gasteiger partial charge < -0.3 is 14.4 Å². The Morgan fingerprint density at radius 2 is 1.50 bits per heavy atom. The minimum absolute atomic E-state index is 0.0287. The highest BCUT2D eigenvalue weighted by Gasteiger charge is 2.27. The van der Waals surface area contributed by atoms with E-state index in [1.54, 1.807) is 13.8 Å². The largest absolute Gasteiger partial charge is 0.479 e. The molecule has 0 fully saturated rings. The Bertz CT molecular complexity index is 1350. The molecule has 4 aromatic rings.